The Morgan fingerprint density at radius 3 is 2.17 bits per heavy atom. The quantitative estimate of drug-likeness (QED) is 0.836. The van der Waals surface area contributed by atoms with E-state index in [1.807, 2.05) is 6.08 Å². The van der Waals surface area contributed by atoms with Crippen LogP contribution in [0.15, 0.2) is 35.1 Å². The summed E-state index contributed by atoms with van der Waals surface area (Å²) < 4.78 is 16.4. The summed E-state index contributed by atoms with van der Waals surface area (Å²) in [6.07, 6.45) is 4.45. The van der Waals surface area contributed by atoms with Gasteiger partial charge in [-0.1, -0.05) is 6.08 Å². The number of rotatable bonds is 4. The number of hydrogen-bond acceptors (Lipinski definition) is 7. The maximum atomic E-state index is 10.1. The zero-order valence-electron chi connectivity index (χ0n) is 16.7. The summed E-state index contributed by atoms with van der Waals surface area (Å²) in [4.78, 5) is 0. The lowest BCUT2D eigenvalue weighted by atomic mass is 9.56. The monoisotopic (exact) mass is 390 g/mol. The largest absolute Gasteiger partial charge is 0.496 e. The standard InChI is InChI=1S/C22H22N4O3/c1-27-17-9-19(29-3)18(28-2)8-15(17)20-14-7-5-4-6-13(14)16(10-23)21(26)22(20,11-24)12-25/h6,8-9,14,20H,4-5,7,26H2,1-3H3/t14-,20-/m0/s1. The van der Waals surface area contributed by atoms with Crippen LogP contribution in [0.5, 0.6) is 17.2 Å². The number of ether oxygens (including phenoxy) is 3. The number of nitrogens with zero attached hydrogens (tertiary/aromatic N) is 3. The molecule has 0 amide bonds. The van der Waals surface area contributed by atoms with E-state index in [-0.39, 0.29) is 17.2 Å². The summed E-state index contributed by atoms with van der Waals surface area (Å²) in [6.45, 7) is 0. The van der Waals surface area contributed by atoms with Gasteiger partial charge in [0, 0.05) is 17.5 Å². The van der Waals surface area contributed by atoms with Crippen LogP contribution in [0.2, 0.25) is 0 Å². The summed E-state index contributed by atoms with van der Waals surface area (Å²) in [5, 5.41) is 30.0. The van der Waals surface area contributed by atoms with Gasteiger partial charge < -0.3 is 19.9 Å². The molecule has 0 bridgehead atoms. The van der Waals surface area contributed by atoms with Crippen molar-refractivity contribution in [3.8, 4) is 35.5 Å². The molecule has 0 spiro atoms. The Balaban J connectivity index is 2.39. The fourth-order valence-electron chi connectivity index (χ4n) is 4.51. The Labute approximate surface area is 170 Å². The predicted molar refractivity (Wildman–Crippen MR) is 105 cm³/mol. The number of methoxy groups -OCH3 is 3. The molecular weight excluding hydrogens is 368 g/mol. The van der Waals surface area contributed by atoms with Gasteiger partial charge in [0.25, 0.3) is 0 Å². The van der Waals surface area contributed by atoms with Crippen LogP contribution in [0.25, 0.3) is 0 Å². The molecule has 148 valence electrons. The van der Waals surface area contributed by atoms with Crippen LogP contribution in [0.1, 0.15) is 30.7 Å². The number of nitrogens with two attached hydrogens (primary N) is 1. The summed E-state index contributed by atoms with van der Waals surface area (Å²) in [5.41, 5.74) is 6.30. The van der Waals surface area contributed by atoms with Crippen LogP contribution >= 0.6 is 0 Å². The van der Waals surface area contributed by atoms with E-state index in [1.165, 1.54) is 21.3 Å². The molecule has 0 unspecified atom stereocenters. The molecule has 2 aliphatic carbocycles. The van der Waals surface area contributed by atoms with Gasteiger partial charge >= 0.3 is 0 Å². The highest BCUT2D eigenvalue weighted by atomic mass is 16.5. The van der Waals surface area contributed by atoms with Gasteiger partial charge in [-0.3, -0.25) is 0 Å². The van der Waals surface area contributed by atoms with Gasteiger partial charge in [-0.15, -0.1) is 0 Å². The van der Waals surface area contributed by atoms with Crippen LogP contribution in [0, 0.1) is 45.3 Å². The second kappa shape index (κ2) is 7.78. The zero-order chi connectivity index (χ0) is 21.2. The highest BCUT2D eigenvalue weighted by molar-refractivity contribution is 5.62. The highest BCUT2D eigenvalue weighted by Gasteiger charge is 2.54. The lowest BCUT2D eigenvalue weighted by Gasteiger charge is -2.43. The van der Waals surface area contributed by atoms with Crippen LogP contribution < -0.4 is 19.9 Å². The number of fused-ring (bicyclic) bond motifs is 1. The molecule has 3 rings (SSSR count). The lowest BCUT2D eigenvalue weighted by molar-refractivity contribution is 0.300. The van der Waals surface area contributed by atoms with Crippen molar-refractivity contribution in [2.24, 2.45) is 17.1 Å². The first kappa shape index (κ1) is 20.1. The van der Waals surface area contributed by atoms with Crippen LogP contribution in [-0.4, -0.2) is 21.3 Å². The van der Waals surface area contributed by atoms with Crippen molar-refractivity contribution in [2.45, 2.75) is 25.2 Å². The maximum Gasteiger partial charge on any atom is 0.191 e. The van der Waals surface area contributed by atoms with E-state index in [4.69, 9.17) is 19.9 Å². The minimum atomic E-state index is -1.70. The third kappa shape index (κ3) is 2.85. The molecular formula is C22H22N4O3. The van der Waals surface area contributed by atoms with E-state index in [1.54, 1.807) is 12.1 Å². The first-order valence-corrected chi connectivity index (χ1v) is 9.26. The molecule has 0 saturated carbocycles. The molecule has 0 aliphatic heterocycles. The summed E-state index contributed by atoms with van der Waals surface area (Å²) in [5.74, 6) is 0.584. The average Bonchev–Trinajstić information content (AvgIpc) is 2.77. The van der Waals surface area contributed by atoms with Gasteiger partial charge in [-0.25, -0.2) is 0 Å². The molecule has 29 heavy (non-hydrogen) atoms. The van der Waals surface area contributed by atoms with Gasteiger partial charge in [0.05, 0.1) is 44.7 Å². The SMILES string of the molecule is COc1cc(OC)c([C@@H]2[C@H]3CCCC=C3C(C#N)=C(N)C2(C#N)C#N)cc1OC. The molecule has 0 heterocycles. The highest BCUT2D eigenvalue weighted by Crippen LogP contribution is 2.58. The Kier molecular flexibility index (Phi) is 5.39. The number of benzene rings is 1. The van der Waals surface area contributed by atoms with Crippen molar-refractivity contribution in [1.82, 2.24) is 0 Å². The van der Waals surface area contributed by atoms with Crippen molar-refractivity contribution in [3.05, 3.63) is 40.6 Å². The van der Waals surface area contributed by atoms with E-state index in [0.29, 0.717) is 22.8 Å². The number of allylic oxidation sites excluding steroid dienone is 4. The molecule has 7 heteroatoms. The Morgan fingerprint density at radius 1 is 1.00 bits per heavy atom. The van der Waals surface area contributed by atoms with E-state index in [2.05, 4.69) is 18.2 Å². The molecule has 2 atom stereocenters. The van der Waals surface area contributed by atoms with E-state index in [9.17, 15) is 15.8 Å². The lowest BCUT2D eigenvalue weighted by Crippen LogP contribution is -2.42. The minimum absolute atomic E-state index is 0.00348. The molecule has 7 nitrogen and oxygen atoms in total. The number of hydrogen-bond donors (Lipinski definition) is 1. The van der Waals surface area contributed by atoms with Crippen LogP contribution in [0.4, 0.5) is 0 Å². The molecule has 1 aromatic carbocycles. The zero-order valence-corrected chi connectivity index (χ0v) is 16.7. The Morgan fingerprint density at radius 2 is 1.62 bits per heavy atom. The van der Waals surface area contributed by atoms with Crippen molar-refractivity contribution < 1.29 is 14.2 Å². The van der Waals surface area contributed by atoms with E-state index < -0.39 is 11.3 Å². The fraction of sp³-hybridized carbons (Fsp3) is 0.409. The van der Waals surface area contributed by atoms with Gasteiger partial charge in [-0.2, -0.15) is 15.8 Å². The Hall–Kier alpha value is -3.63. The van der Waals surface area contributed by atoms with Crippen LogP contribution in [-0.2, 0) is 0 Å². The summed E-state index contributed by atoms with van der Waals surface area (Å²) >= 11 is 0. The van der Waals surface area contributed by atoms with Gasteiger partial charge in [0.1, 0.15) is 11.8 Å². The predicted octanol–water partition coefficient (Wildman–Crippen LogP) is 3.31. The smallest absolute Gasteiger partial charge is 0.191 e. The summed E-state index contributed by atoms with van der Waals surface area (Å²) in [6, 6.07) is 9.81. The molecule has 0 radical (unpaired) electrons. The third-order valence-electron chi connectivity index (χ3n) is 5.87. The molecule has 0 saturated heterocycles. The van der Waals surface area contributed by atoms with Gasteiger partial charge in [-0.05, 0) is 36.8 Å². The fourth-order valence-corrected chi connectivity index (χ4v) is 4.51. The molecule has 1 aromatic rings. The Bertz CT molecular complexity index is 1010. The summed E-state index contributed by atoms with van der Waals surface area (Å²) in [7, 11) is 4.56. The van der Waals surface area contributed by atoms with Crippen molar-refractivity contribution in [2.75, 3.05) is 21.3 Å². The second-order valence-corrected chi connectivity index (χ2v) is 7.06. The molecule has 0 aromatic heterocycles. The van der Waals surface area contributed by atoms with Crippen molar-refractivity contribution >= 4 is 0 Å². The van der Waals surface area contributed by atoms with E-state index in [0.717, 1.165) is 24.8 Å². The van der Waals surface area contributed by atoms with Gasteiger partial charge in [0.15, 0.2) is 16.9 Å². The van der Waals surface area contributed by atoms with Gasteiger partial charge in [0.2, 0.25) is 0 Å². The molecule has 2 aliphatic rings. The molecule has 0 fully saturated rings. The minimum Gasteiger partial charge on any atom is -0.496 e. The average molecular weight is 390 g/mol. The second-order valence-electron chi connectivity index (χ2n) is 7.06. The topological polar surface area (TPSA) is 125 Å². The maximum absolute atomic E-state index is 10.1. The number of nitriles is 3. The third-order valence-corrected chi connectivity index (χ3v) is 5.87. The first-order valence-electron chi connectivity index (χ1n) is 9.26. The first-order chi connectivity index (χ1) is 14.0. The normalized spacial score (nSPS) is 22.3. The van der Waals surface area contributed by atoms with Crippen LogP contribution in [0.3, 0.4) is 0 Å². The van der Waals surface area contributed by atoms with Crippen molar-refractivity contribution in [1.29, 1.82) is 15.8 Å². The molecule has 2 N–H and O–H groups in total. The van der Waals surface area contributed by atoms with E-state index >= 15 is 0 Å². The van der Waals surface area contributed by atoms with Crippen molar-refractivity contribution in [3.63, 3.8) is 0 Å².